The van der Waals surface area contributed by atoms with Gasteiger partial charge in [0.05, 0.1) is 18.6 Å². The first-order valence-corrected chi connectivity index (χ1v) is 5.17. The first-order chi connectivity index (χ1) is 6.61. The lowest BCUT2D eigenvalue weighted by atomic mass is 9.86. The van der Waals surface area contributed by atoms with Crippen molar-refractivity contribution in [3.05, 3.63) is 0 Å². The number of amides is 1. The molecule has 0 spiro atoms. The van der Waals surface area contributed by atoms with Crippen LogP contribution in [0.1, 0.15) is 26.2 Å². The van der Waals surface area contributed by atoms with Crippen LogP contribution in [0.3, 0.4) is 0 Å². The fraction of sp³-hybridized carbons (Fsp3) is 0.900. The van der Waals surface area contributed by atoms with Crippen LogP contribution in [0, 0.1) is 0 Å². The minimum absolute atomic E-state index is 0.114. The molecule has 1 aliphatic rings. The Hall–Kier alpha value is -0.610. The third-order valence-corrected chi connectivity index (χ3v) is 2.63. The molecule has 0 bridgehead atoms. The third-order valence-electron chi connectivity index (χ3n) is 2.63. The van der Waals surface area contributed by atoms with E-state index in [0.29, 0.717) is 26.1 Å². The smallest absolute Gasteiger partial charge is 0.225 e. The Kier molecular flexibility index (Phi) is 3.89. The Balaban J connectivity index is 2.22. The van der Waals surface area contributed by atoms with Crippen LogP contribution in [0.2, 0.25) is 0 Å². The van der Waals surface area contributed by atoms with Gasteiger partial charge < -0.3 is 15.4 Å². The van der Waals surface area contributed by atoms with E-state index in [0.717, 1.165) is 12.8 Å². The highest BCUT2D eigenvalue weighted by molar-refractivity contribution is 5.77. The highest BCUT2D eigenvalue weighted by atomic mass is 16.5. The lowest BCUT2D eigenvalue weighted by molar-refractivity contribution is -0.139. The lowest BCUT2D eigenvalue weighted by Gasteiger charge is -2.47. The zero-order valence-corrected chi connectivity index (χ0v) is 9.08. The first kappa shape index (κ1) is 11.5. The topological polar surface area (TPSA) is 55.6 Å². The summed E-state index contributed by atoms with van der Waals surface area (Å²) in [6.07, 6.45) is 2.55. The molecule has 1 rings (SSSR count). The van der Waals surface area contributed by atoms with Crippen LogP contribution >= 0.6 is 0 Å². The van der Waals surface area contributed by atoms with Gasteiger partial charge in [0.1, 0.15) is 0 Å². The molecule has 0 atom stereocenters. The van der Waals surface area contributed by atoms with Crippen molar-refractivity contribution >= 4 is 5.91 Å². The number of rotatable bonds is 5. The second-order valence-electron chi connectivity index (χ2n) is 4.10. The van der Waals surface area contributed by atoms with Crippen LogP contribution in [-0.4, -0.2) is 43.2 Å². The van der Waals surface area contributed by atoms with Gasteiger partial charge >= 0.3 is 0 Å². The summed E-state index contributed by atoms with van der Waals surface area (Å²) in [7, 11) is 1.60. The number of nitrogens with two attached hydrogens (primary N) is 1. The van der Waals surface area contributed by atoms with E-state index in [1.807, 2.05) is 4.90 Å². The Morgan fingerprint density at radius 1 is 1.57 bits per heavy atom. The highest BCUT2D eigenvalue weighted by Crippen LogP contribution is 2.23. The molecule has 1 aliphatic heterocycles. The van der Waals surface area contributed by atoms with Crippen molar-refractivity contribution in [3.63, 3.8) is 0 Å². The molecule has 0 aliphatic carbocycles. The van der Waals surface area contributed by atoms with Crippen molar-refractivity contribution in [1.29, 1.82) is 0 Å². The number of nitrogens with zero attached hydrogens (tertiary/aromatic N) is 1. The van der Waals surface area contributed by atoms with Gasteiger partial charge in [-0.15, -0.1) is 0 Å². The molecule has 0 aromatic heterocycles. The van der Waals surface area contributed by atoms with Gasteiger partial charge in [-0.2, -0.15) is 0 Å². The standard InChI is InChI=1S/C10H20N2O2/c1-3-5-10(11)7-12(8-10)9(13)4-6-14-2/h3-8,11H2,1-2H3. The van der Waals surface area contributed by atoms with Crippen LogP contribution in [0.25, 0.3) is 0 Å². The van der Waals surface area contributed by atoms with Gasteiger partial charge in [0.25, 0.3) is 0 Å². The predicted octanol–water partition coefficient (Wildman–Crippen LogP) is 0.363. The summed E-state index contributed by atoms with van der Waals surface area (Å²) >= 11 is 0. The maximum atomic E-state index is 11.5. The van der Waals surface area contributed by atoms with E-state index in [-0.39, 0.29) is 11.4 Å². The number of likely N-dealkylation sites (tertiary alicyclic amines) is 1. The molecule has 0 aromatic carbocycles. The van der Waals surface area contributed by atoms with E-state index in [2.05, 4.69) is 6.92 Å². The Morgan fingerprint density at radius 3 is 2.71 bits per heavy atom. The van der Waals surface area contributed by atoms with Crippen LogP contribution in [0.15, 0.2) is 0 Å². The van der Waals surface area contributed by atoms with Crippen LogP contribution < -0.4 is 5.73 Å². The predicted molar refractivity (Wildman–Crippen MR) is 54.9 cm³/mol. The molecule has 4 heteroatoms. The summed E-state index contributed by atoms with van der Waals surface area (Å²) in [6.45, 7) is 4.04. The van der Waals surface area contributed by atoms with Crippen molar-refractivity contribution in [1.82, 2.24) is 4.90 Å². The second-order valence-corrected chi connectivity index (χ2v) is 4.10. The highest BCUT2D eigenvalue weighted by Gasteiger charge is 2.40. The molecule has 0 aromatic rings. The number of carbonyl (C=O) groups excluding carboxylic acids is 1. The van der Waals surface area contributed by atoms with Gasteiger partial charge in [-0.3, -0.25) is 4.79 Å². The second kappa shape index (κ2) is 4.75. The first-order valence-electron chi connectivity index (χ1n) is 5.17. The molecule has 2 N–H and O–H groups in total. The van der Waals surface area contributed by atoms with Crippen molar-refractivity contribution in [2.45, 2.75) is 31.7 Å². The average Bonchev–Trinajstić information content (AvgIpc) is 2.10. The molecule has 1 saturated heterocycles. The minimum Gasteiger partial charge on any atom is -0.384 e. The fourth-order valence-corrected chi connectivity index (χ4v) is 1.89. The quantitative estimate of drug-likeness (QED) is 0.697. The number of methoxy groups -OCH3 is 1. The van der Waals surface area contributed by atoms with Crippen LogP contribution in [0.4, 0.5) is 0 Å². The monoisotopic (exact) mass is 200 g/mol. The number of hydrogen-bond donors (Lipinski definition) is 1. The van der Waals surface area contributed by atoms with Crippen LogP contribution in [0.5, 0.6) is 0 Å². The fourth-order valence-electron chi connectivity index (χ4n) is 1.89. The van der Waals surface area contributed by atoms with Gasteiger partial charge in [-0.1, -0.05) is 13.3 Å². The molecular formula is C10H20N2O2. The van der Waals surface area contributed by atoms with Gasteiger partial charge in [-0.05, 0) is 6.42 Å². The Bertz CT molecular complexity index is 200. The van der Waals surface area contributed by atoms with Gasteiger partial charge in [0.15, 0.2) is 0 Å². The van der Waals surface area contributed by atoms with Gasteiger partial charge in [-0.25, -0.2) is 0 Å². The van der Waals surface area contributed by atoms with Gasteiger partial charge in [0.2, 0.25) is 5.91 Å². The maximum Gasteiger partial charge on any atom is 0.225 e. The third kappa shape index (κ3) is 2.69. The normalized spacial score (nSPS) is 19.2. The molecule has 14 heavy (non-hydrogen) atoms. The van der Waals surface area contributed by atoms with Crippen molar-refractivity contribution < 1.29 is 9.53 Å². The molecule has 0 saturated carbocycles. The van der Waals surface area contributed by atoms with E-state index >= 15 is 0 Å². The summed E-state index contributed by atoms with van der Waals surface area (Å²) < 4.78 is 4.85. The molecule has 0 unspecified atom stereocenters. The van der Waals surface area contributed by atoms with Crippen molar-refractivity contribution in [2.75, 3.05) is 26.8 Å². The van der Waals surface area contributed by atoms with E-state index in [1.54, 1.807) is 7.11 Å². The number of ether oxygens (including phenoxy) is 1. The van der Waals surface area contributed by atoms with E-state index in [1.165, 1.54) is 0 Å². The van der Waals surface area contributed by atoms with Crippen molar-refractivity contribution in [2.24, 2.45) is 5.73 Å². The minimum atomic E-state index is -0.114. The van der Waals surface area contributed by atoms with E-state index < -0.39 is 0 Å². The largest absolute Gasteiger partial charge is 0.384 e. The van der Waals surface area contributed by atoms with Crippen molar-refractivity contribution in [3.8, 4) is 0 Å². The summed E-state index contributed by atoms with van der Waals surface area (Å²) in [5.41, 5.74) is 5.93. The summed E-state index contributed by atoms with van der Waals surface area (Å²) in [4.78, 5) is 13.3. The summed E-state index contributed by atoms with van der Waals surface area (Å²) in [6, 6.07) is 0. The number of carbonyl (C=O) groups is 1. The summed E-state index contributed by atoms with van der Waals surface area (Å²) in [5, 5.41) is 0. The molecule has 1 fully saturated rings. The lowest BCUT2D eigenvalue weighted by Crippen LogP contribution is -2.68. The molecule has 0 radical (unpaired) electrons. The van der Waals surface area contributed by atoms with Crippen LogP contribution in [-0.2, 0) is 9.53 Å². The summed E-state index contributed by atoms with van der Waals surface area (Å²) in [5.74, 6) is 0.157. The molecular weight excluding hydrogens is 180 g/mol. The molecule has 1 amide bonds. The molecule has 4 nitrogen and oxygen atoms in total. The average molecular weight is 200 g/mol. The van der Waals surface area contributed by atoms with E-state index in [4.69, 9.17) is 10.5 Å². The van der Waals surface area contributed by atoms with E-state index in [9.17, 15) is 4.79 Å². The Labute approximate surface area is 85.4 Å². The zero-order valence-electron chi connectivity index (χ0n) is 9.08. The zero-order chi connectivity index (χ0) is 10.6. The Morgan fingerprint density at radius 2 is 2.21 bits per heavy atom. The molecule has 82 valence electrons. The SMILES string of the molecule is CCCC1(N)CN(C(=O)CCOC)C1. The molecule has 1 heterocycles. The maximum absolute atomic E-state index is 11.5. The van der Waals surface area contributed by atoms with Gasteiger partial charge in [0, 0.05) is 20.2 Å². The number of hydrogen-bond acceptors (Lipinski definition) is 3.